The van der Waals surface area contributed by atoms with Crippen LogP contribution in [0.1, 0.15) is 36.0 Å². The molecule has 0 amide bonds. The first-order chi connectivity index (χ1) is 10.1. The predicted octanol–water partition coefficient (Wildman–Crippen LogP) is 4.98. The molecule has 21 heavy (non-hydrogen) atoms. The van der Waals surface area contributed by atoms with E-state index >= 15 is 0 Å². The van der Waals surface area contributed by atoms with E-state index in [0.717, 1.165) is 23.3 Å². The molecule has 1 aliphatic rings. The van der Waals surface area contributed by atoms with E-state index in [9.17, 15) is 5.11 Å². The molecule has 1 aliphatic heterocycles. The van der Waals surface area contributed by atoms with Crippen LogP contribution in [0.3, 0.4) is 0 Å². The number of para-hydroxylation sites is 1. The third kappa shape index (κ3) is 3.34. The number of aliphatic hydroxyl groups is 1. The Morgan fingerprint density at radius 1 is 1.14 bits per heavy atom. The number of aliphatic hydroxyl groups excluding tert-OH is 1. The summed E-state index contributed by atoms with van der Waals surface area (Å²) in [5.41, 5.74) is 1.92. The lowest BCUT2D eigenvalue weighted by Gasteiger charge is -2.27. The summed E-state index contributed by atoms with van der Waals surface area (Å²) in [5, 5.41) is 11.6. The quantitative estimate of drug-likeness (QED) is 0.863. The third-order valence-electron chi connectivity index (χ3n) is 3.86. The minimum absolute atomic E-state index is 0.280. The van der Waals surface area contributed by atoms with Crippen LogP contribution in [0.5, 0.6) is 5.75 Å². The van der Waals surface area contributed by atoms with Crippen molar-refractivity contribution in [3.8, 4) is 5.75 Å². The van der Waals surface area contributed by atoms with Crippen molar-refractivity contribution in [1.29, 1.82) is 0 Å². The topological polar surface area (TPSA) is 29.5 Å². The van der Waals surface area contributed by atoms with Crippen LogP contribution < -0.4 is 4.74 Å². The molecule has 0 saturated carbocycles. The summed E-state index contributed by atoms with van der Waals surface area (Å²) in [4.78, 5) is 0. The van der Waals surface area contributed by atoms with E-state index in [-0.39, 0.29) is 5.92 Å². The van der Waals surface area contributed by atoms with Crippen LogP contribution in [-0.4, -0.2) is 11.7 Å². The molecule has 2 nitrogen and oxygen atoms in total. The Labute approximate surface area is 134 Å². The van der Waals surface area contributed by atoms with Gasteiger partial charge in [0.05, 0.1) is 12.7 Å². The average molecular weight is 323 g/mol. The van der Waals surface area contributed by atoms with Gasteiger partial charge in [-0.05, 0) is 54.2 Å². The number of rotatable bonds is 3. The van der Waals surface area contributed by atoms with Gasteiger partial charge in [0.1, 0.15) is 5.75 Å². The van der Waals surface area contributed by atoms with E-state index in [1.165, 1.54) is 0 Å². The number of halogens is 2. The van der Waals surface area contributed by atoms with Crippen LogP contribution in [0.25, 0.3) is 0 Å². The molecule has 4 heteroatoms. The summed E-state index contributed by atoms with van der Waals surface area (Å²) in [6.07, 6.45) is 0.955. The van der Waals surface area contributed by atoms with Crippen molar-refractivity contribution in [3.05, 3.63) is 63.6 Å². The van der Waals surface area contributed by atoms with Crippen LogP contribution in [0.15, 0.2) is 42.5 Å². The zero-order valence-corrected chi connectivity index (χ0v) is 12.9. The molecule has 1 heterocycles. The maximum atomic E-state index is 10.5. The molecule has 0 bridgehead atoms. The molecule has 3 rings (SSSR count). The molecule has 2 aromatic rings. The van der Waals surface area contributed by atoms with E-state index in [1.54, 1.807) is 18.2 Å². The van der Waals surface area contributed by atoms with Crippen LogP contribution in [0.4, 0.5) is 0 Å². The first-order valence-electron chi connectivity index (χ1n) is 6.99. The molecule has 2 atom stereocenters. The smallest absolute Gasteiger partial charge is 0.122 e. The third-order valence-corrected chi connectivity index (χ3v) is 4.30. The molecule has 110 valence electrons. The summed E-state index contributed by atoms with van der Waals surface area (Å²) in [5.74, 6) is 1.20. The zero-order valence-electron chi connectivity index (χ0n) is 11.4. The number of fused-ring (bicyclic) bond motifs is 1. The van der Waals surface area contributed by atoms with Crippen molar-refractivity contribution in [2.45, 2.75) is 24.9 Å². The molecule has 0 spiro atoms. The fraction of sp³-hybridized carbons (Fsp3) is 0.294. The molecule has 0 saturated heterocycles. The van der Waals surface area contributed by atoms with E-state index in [1.807, 2.05) is 18.2 Å². The lowest BCUT2D eigenvalue weighted by molar-refractivity contribution is 0.145. The minimum atomic E-state index is -0.586. The van der Waals surface area contributed by atoms with Gasteiger partial charge in [-0.2, -0.15) is 0 Å². The van der Waals surface area contributed by atoms with Gasteiger partial charge >= 0.3 is 0 Å². The van der Waals surface area contributed by atoms with Crippen molar-refractivity contribution < 1.29 is 9.84 Å². The second-order valence-corrected chi connectivity index (χ2v) is 6.20. The number of ether oxygens (including phenoxy) is 1. The Balaban J connectivity index is 1.81. The maximum Gasteiger partial charge on any atom is 0.122 e. The molecule has 1 N–H and O–H groups in total. The summed E-state index contributed by atoms with van der Waals surface area (Å²) >= 11 is 12.0. The highest BCUT2D eigenvalue weighted by atomic mass is 35.5. The minimum Gasteiger partial charge on any atom is -0.493 e. The lowest BCUT2D eigenvalue weighted by atomic mass is 9.86. The van der Waals surface area contributed by atoms with Gasteiger partial charge in [0, 0.05) is 10.0 Å². The van der Waals surface area contributed by atoms with Gasteiger partial charge in [-0.25, -0.2) is 0 Å². The SMILES string of the molecule is OC(CC1CCOc2ccccc21)c1cc(Cl)cc(Cl)c1. The zero-order chi connectivity index (χ0) is 14.8. The van der Waals surface area contributed by atoms with Gasteiger partial charge in [0.15, 0.2) is 0 Å². The summed E-state index contributed by atoms with van der Waals surface area (Å²) in [6, 6.07) is 13.2. The fourth-order valence-electron chi connectivity index (χ4n) is 2.83. The monoisotopic (exact) mass is 322 g/mol. The molecular weight excluding hydrogens is 307 g/mol. The number of hydrogen-bond acceptors (Lipinski definition) is 2. The Morgan fingerprint density at radius 2 is 1.86 bits per heavy atom. The van der Waals surface area contributed by atoms with Crippen molar-refractivity contribution in [1.82, 2.24) is 0 Å². The molecule has 2 unspecified atom stereocenters. The van der Waals surface area contributed by atoms with Crippen molar-refractivity contribution in [2.24, 2.45) is 0 Å². The summed E-state index contributed by atoms with van der Waals surface area (Å²) < 4.78 is 5.66. The van der Waals surface area contributed by atoms with E-state index in [0.29, 0.717) is 23.1 Å². The first-order valence-corrected chi connectivity index (χ1v) is 7.75. The highest BCUT2D eigenvalue weighted by Crippen LogP contribution is 2.39. The number of hydrogen-bond donors (Lipinski definition) is 1. The van der Waals surface area contributed by atoms with Gasteiger partial charge < -0.3 is 9.84 Å². The van der Waals surface area contributed by atoms with Gasteiger partial charge in [-0.3, -0.25) is 0 Å². The van der Waals surface area contributed by atoms with Gasteiger partial charge in [-0.15, -0.1) is 0 Å². The van der Waals surface area contributed by atoms with Crippen molar-refractivity contribution in [2.75, 3.05) is 6.61 Å². The van der Waals surface area contributed by atoms with Crippen LogP contribution >= 0.6 is 23.2 Å². The highest BCUT2D eigenvalue weighted by molar-refractivity contribution is 6.34. The first kappa shape index (κ1) is 14.7. The van der Waals surface area contributed by atoms with Crippen molar-refractivity contribution in [3.63, 3.8) is 0 Å². The Kier molecular flexibility index (Phi) is 4.39. The van der Waals surface area contributed by atoms with E-state index in [4.69, 9.17) is 27.9 Å². The molecule has 2 aromatic carbocycles. The van der Waals surface area contributed by atoms with E-state index in [2.05, 4.69) is 6.07 Å². The van der Waals surface area contributed by atoms with E-state index < -0.39 is 6.10 Å². The molecule has 0 fully saturated rings. The van der Waals surface area contributed by atoms with Crippen LogP contribution in [0, 0.1) is 0 Å². The molecule has 0 aromatic heterocycles. The molecule has 0 aliphatic carbocycles. The Bertz CT molecular complexity index is 622. The number of benzene rings is 2. The maximum absolute atomic E-state index is 10.5. The van der Waals surface area contributed by atoms with Gasteiger partial charge in [-0.1, -0.05) is 41.4 Å². The summed E-state index contributed by atoms with van der Waals surface area (Å²) in [6.45, 7) is 0.685. The Hall–Kier alpha value is -1.22. The second kappa shape index (κ2) is 6.27. The second-order valence-electron chi connectivity index (χ2n) is 5.33. The predicted molar refractivity (Wildman–Crippen MR) is 85.3 cm³/mol. The average Bonchev–Trinajstić information content (AvgIpc) is 2.46. The lowest BCUT2D eigenvalue weighted by Crippen LogP contribution is -2.16. The summed E-state index contributed by atoms with van der Waals surface area (Å²) in [7, 11) is 0. The van der Waals surface area contributed by atoms with Gasteiger partial charge in [0.2, 0.25) is 0 Å². The van der Waals surface area contributed by atoms with Crippen LogP contribution in [-0.2, 0) is 0 Å². The molecule has 0 radical (unpaired) electrons. The molecular formula is C17H16Cl2O2. The van der Waals surface area contributed by atoms with Crippen LogP contribution in [0.2, 0.25) is 10.0 Å². The Morgan fingerprint density at radius 3 is 2.62 bits per heavy atom. The normalized spacial score (nSPS) is 18.7. The van der Waals surface area contributed by atoms with Gasteiger partial charge in [0.25, 0.3) is 0 Å². The van der Waals surface area contributed by atoms with Crippen molar-refractivity contribution >= 4 is 23.2 Å². The highest BCUT2D eigenvalue weighted by Gasteiger charge is 2.24. The largest absolute Gasteiger partial charge is 0.493 e. The standard InChI is InChI=1S/C17H16Cl2O2/c18-13-7-12(8-14(19)10-13)16(20)9-11-5-6-21-17-4-2-1-3-15(11)17/h1-4,7-8,10-11,16,20H,5-6,9H2. The fourth-order valence-corrected chi connectivity index (χ4v) is 3.38.